The normalized spacial score (nSPS) is 11.2. The maximum atomic E-state index is 13.0. The Kier molecular flexibility index (Phi) is 5.80. The molecule has 0 bridgehead atoms. The van der Waals surface area contributed by atoms with E-state index in [0.29, 0.717) is 17.1 Å². The van der Waals surface area contributed by atoms with Crippen LogP contribution < -0.4 is 14.2 Å². The van der Waals surface area contributed by atoms with Crippen LogP contribution in [0.2, 0.25) is 0 Å². The largest absolute Gasteiger partial charge is 0.497 e. The monoisotopic (exact) mass is 417 g/mol. The van der Waals surface area contributed by atoms with Gasteiger partial charge in [-0.15, -0.1) is 0 Å². The molecule has 0 aliphatic rings. The van der Waals surface area contributed by atoms with Crippen molar-refractivity contribution in [3.63, 3.8) is 0 Å². The van der Waals surface area contributed by atoms with Gasteiger partial charge in [-0.3, -0.25) is 10.1 Å². The van der Waals surface area contributed by atoms with Gasteiger partial charge in [0.05, 0.1) is 31.0 Å². The molecule has 0 aliphatic heterocycles. The molecular weight excluding hydrogens is 400 g/mol. The number of nitrogens with one attached hydrogen (secondary N) is 1. The maximum absolute atomic E-state index is 13.0. The zero-order valence-electron chi connectivity index (χ0n) is 15.5. The molecule has 0 unspecified atom stereocenters. The van der Waals surface area contributed by atoms with Crippen LogP contribution in [0.3, 0.4) is 0 Å². The molecule has 0 saturated carbocycles. The number of non-ortho nitro benzene ring substituents is 1. The van der Waals surface area contributed by atoms with E-state index in [1.807, 2.05) is 0 Å². The lowest BCUT2D eigenvalue weighted by atomic mass is 10.2. The molecule has 3 rings (SSSR count). The number of benzene rings is 2. The summed E-state index contributed by atoms with van der Waals surface area (Å²) in [6.07, 6.45) is 2.78. The average Bonchev–Trinajstić information content (AvgIpc) is 3.26. The first-order chi connectivity index (χ1) is 13.9. The van der Waals surface area contributed by atoms with Gasteiger partial charge in [0.25, 0.3) is 5.69 Å². The molecule has 0 fully saturated rings. The lowest BCUT2D eigenvalue weighted by Crippen LogP contribution is -2.25. The van der Waals surface area contributed by atoms with E-state index in [-0.39, 0.29) is 22.8 Å². The molecule has 0 saturated heterocycles. The van der Waals surface area contributed by atoms with E-state index in [4.69, 9.17) is 9.47 Å². The number of hydrogen-bond donors (Lipinski definition) is 1. The van der Waals surface area contributed by atoms with Crippen LogP contribution in [0.1, 0.15) is 5.56 Å². The molecule has 1 heterocycles. The number of nitro benzene ring substituents is 1. The fraction of sp³-hybridized carbons (Fsp3) is 0.167. The van der Waals surface area contributed by atoms with Gasteiger partial charge in [-0.2, -0.15) is 5.10 Å². The lowest BCUT2D eigenvalue weighted by molar-refractivity contribution is -0.385. The van der Waals surface area contributed by atoms with Crippen LogP contribution in [0.25, 0.3) is 5.69 Å². The first-order valence-electron chi connectivity index (χ1n) is 8.26. The molecule has 0 atom stereocenters. The second-order valence-electron chi connectivity index (χ2n) is 5.80. The van der Waals surface area contributed by atoms with Gasteiger partial charge in [-0.25, -0.2) is 17.8 Å². The molecule has 1 N–H and O–H groups in total. The van der Waals surface area contributed by atoms with E-state index in [2.05, 4.69) is 15.9 Å². The summed E-state index contributed by atoms with van der Waals surface area (Å²) in [5.41, 5.74) is 0.370. The number of ether oxygens (including phenoxy) is 2. The number of hydrogen-bond acceptors (Lipinski definition) is 7. The smallest absolute Gasteiger partial charge is 0.270 e. The van der Waals surface area contributed by atoms with E-state index in [0.717, 1.165) is 6.07 Å². The number of methoxy groups -OCH3 is 2. The second-order valence-corrected chi connectivity index (χ2v) is 7.53. The van der Waals surface area contributed by atoms with Crippen molar-refractivity contribution < 1.29 is 22.8 Å². The predicted molar refractivity (Wildman–Crippen MR) is 103 cm³/mol. The summed E-state index contributed by atoms with van der Waals surface area (Å²) in [6, 6.07) is 11.2. The van der Waals surface area contributed by atoms with E-state index in [1.54, 1.807) is 18.2 Å². The number of aromatic nitrogens is 2. The minimum atomic E-state index is -4.13. The van der Waals surface area contributed by atoms with Gasteiger partial charge in [-0.05, 0) is 12.1 Å². The van der Waals surface area contributed by atoms with Gasteiger partial charge < -0.3 is 9.47 Å². The van der Waals surface area contributed by atoms with E-state index in [9.17, 15) is 18.5 Å². The van der Waals surface area contributed by atoms with Crippen molar-refractivity contribution in [2.45, 2.75) is 11.4 Å². The van der Waals surface area contributed by atoms with Crippen molar-refractivity contribution in [3.05, 3.63) is 70.5 Å². The van der Waals surface area contributed by atoms with Crippen LogP contribution in [0.5, 0.6) is 11.5 Å². The highest BCUT2D eigenvalue weighted by Crippen LogP contribution is 2.27. The third kappa shape index (κ3) is 4.36. The zero-order valence-corrected chi connectivity index (χ0v) is 16.3. The average molecular weight is 417 g/mol. The number of rotatable bonds is 8. The Hall–Kier alpha value is -3.44. The molecule has 10 nitrogen and oxygen atoms in total. The number of sulfonamides is 1. The van der Waals surface area contributed by atoms with Crippen molar-refractivity contribution in [1.29, 1.82) is 0 Å². The fourth-order valence-electron chi connectivity index (χ4n) is 2.63. The first kappa shape index (κ1) is 20.3. The highest BCUT2D eigenvalue weighted by Gasteiger charge is 2.24. The molecule has 1 radical (unpaired) electrons. The van der Waals surface area contributed by atoms with Crippen LogP contribution in [0, 0.1) is 16.2 Å². The number of nitrogens with zero attached hydrogens (tertiary/aromatic N) is 3. The highest BCUT2D eigenvalue weighted by molar-refractivity contribution is 7.89. The second kappa shape index (κ2) is 8.29. The SMILES string of the molecule is COc1ccc(CNS(=O)(=O)c2cc([N+](=O)[O-])ccc2-n2c[c]cn2)c(OC)c1. The summed E-state index contributed by atoms with van der Waals surface area (Å²) >= 11 is 0. The first-order valence-corrected chi connectivity index (χ1v) is 9.74. The van der Waals surface area contributed by atoms with Crippen molar-refractivity contribution in [1.82, 2.24) is 14.5 Å². The molecule has 0 aliphatic carbocycles. The topological polar surface area (TPSA) is 126 Å². The quantitative estimate of drug-likeness (QED) is 0.439. The standard InChI is InChI=1S/C18H17N4O6S/c1-27-15-6-4-13(17(11-15)28-2)12-20-29(25,26)18-10-14(22(23)24)5-7-16(18)21-9-3-8-19-21/h4-11,20H,12H2,1-2H3. The molecule has 3 aromatic rings. The molecule has 29 heavy (non-hydrogen) atoms. The van der Waals surface area contributed by atoms with Crippen LogP contribution in [-0.4, -0.2) is 37.3 Å². The maximum Gasteiger partial charge on any atom is 0.270 e. The predicted octanol–water partition coefficient (Wildman–Crippen LogP) is 2.08. The minimum Gasteiger partial charge on any atom is -0.497 e. The molecule has 151 valence electrons. The summed E-state index contributed by atoms with van der Waals surface area (Å²) in [5.74, 6) is 0.998. The van der Waals surface area contributed by atoms with Crippen LogP contribution in [-0.2, 0) is 16.6 Å². The van der Waals surface area contributed by atoms with Gasteiger partial charge in [0.1, 0.15) is 16.4 Å². The van der Waals surface area contributed by atoms with E-state index in [1.165, 1.54) is 43.4 Å². The van der Waals surface area contributed by atoms with Crippen molar-refractivity contribution >= 4 is 15.7 Å². The Balaban J connectivity index is 1.97. The van der Waals surface area contributed by atoms with Crippen molar-refractivity contribution in [2.75, 3.05) is 14.2 Å². The van der Waals surface area contributed by atoms with Gasteiger partial charge in [0.2, 0.25) is 10.0 Å². The molecule has 1 aromatic heterocycles. The van der Waals surface area contributed by atoms with Crippen LogP contribution in [0.4, 0.5) is 5.69 Å². The Labute approximate surface area is 166 Å². The van der Waals surface area contributed by atoms with Gasteiger partial charge in [-0.1, -0.05) is 6.07 Å². The van der Waals surface area contributed by atoms with Crippen LogP contribution in [0.15, 0.2) is 53.7 Å². The van der Waals surface area contributed by atoms with Crippen LogP contribution >= 0.6 is 0 Å². The summed E-state index contributed by atoms with van der Waals surface area (Å²) in [7, 11) is -1.16. The molecular formula is C18H17N4O6S. The molecule has 2 aromatic carbocycles. The Morgan fingerprint density at radius 3 is 2.62 bits per heavy atom. The van der Waals surface area contributed by atoms with E-state index >= 15 is 0 Å². The van der Waals surface area contributed by atoms with E-state index < -0.39 is 14.9 Å². The Bertz CT molecular complexity index is 1130. The molecule has 11 heteroatoms. The van der Waals surface area contributed by atoms with Gasteiger partial charge in [0.15, 0.2) is 0 Å². The number of nitro groups is 1. The summed E-state index contributed by atoms with van der Waals surface area (Å²) < 4.78 is 40.1. The summed E-state index contributed by atoms with van der Waals surface area (Å²) in [6.45, 7) is -0.0944. The van der Waals surface area contributed by atoms with Gasteiger partial charge in [0, 0.05) is 42.6 Å². The lowest BCUT2D eigenvalue weighted by Gasteiger charge is -2.14. The van der Waals surface area contributed by atoms with Crippen molar-refractivity contribution in [3.8, 4) is 17.2 Å². The molecule has 0 spiro atoms. The highest BCUT2D eigenvalue weighted by atomic mass is 32.2. The van der Waals surface area contributed by atoms with Crippen molar-refractivity contribution in [2.24, 2.45) is 0 Å². The Morgan fingerprint density at radius 2 is 2.00 bits per heavy atom. The molecule has 0 amide bonds. The summed E-state index contributed by atoms with van der Waals surface area (Å²) in [5, 5.41) is 15.1. The Morgan fingerprint density at radius 1 is 1.21 bits per heavy atom. The van der Waals surface area contributed by atoms with Gasteiger partial charge >= 0.3 is 0 Å². The third-order valence-corrected chi connectivity index (χ3v) is 5.52. The minimum absolute atomic E-state index is 0.0944. The summed E-state index contributed by atoms with van der Waals surface area (Å²) in [4.78, 5) is 10.2. The third-order valence-electron chi connectivity index (χ3n) is 4.09. The fourth-order valence-corrected chi connectivity index (χ4v) is 3.85. The zero-order chi connectivity index (χ0) is 21.0.